The standard InChI is InChI=1S/C34H22O8/c35-31(36)23-9-1-19(2-10-23)27-17-29(21-5-13-25(14-6-21)33(39)40)30(22-7-15-26(16-8-22)34(41)42)18-28(27)20-3-11-24(12-4-20)32(37)38/h1-18H,(H,35,36)(H,37,38)(H,39,40)(H,41,42). The molecule has 5 rings (SSSR count). The van der Waals surface area contributed by atoms with Gasteiger partial charge in [-0.2, -0.15) is 0 Å². The number of aromatic carboxylic acids is 4. The number of rotatable bonds is 8. The summed E-state index contributed by atoms with van der Waals surface area (Å²) in [4.78, 5) is 45.9. The van der Waals surface area contributed by atoms with Crippen molar-refractivity contribution in [3.8, 4) is 44.5 Å². The summed E-state index contributed by atoms with van der Waals surface area (Å²) in [5.74, 6) is -4.26. The van der Waals surface area contributed by atoms with Gasteiger partial charge < -0.3 is 20.4 Å². The molecule has 42 heavy (non-hydrogen) atoms. The maximum Gasteiger partial charge on any atom is 0.335 e. The Kier molecular flexibility index (Phi) is 7.36. The molecular formula is C34H22O8. The predicted molar refractivity (Wildman–Crippen MR) is 156 cm³/mol. The minimum absolute atomic E-state index is 0.116. The van der Waals surface area contributed by atoms with Gasteiger partial charge in [0.25, 0.3) is 0 Å². The second-order valence-electron chi connectivity index (χ2n) is 9.47. The van der Waals surface area contributed by atoms with E-state index in [2.05, 4.69) is 0 Å². The highest BCUT2D eigenvalue weighted by Crippen LogP contribution is 2.42. The van der Waals surface area contributed by atoms with Crippen LogP contribution < -0.4 is 0 Å². The first-order valence-corrected chi connectivity index (χ1v) is 12.7. The maximum atomic E-state index is 11.5. The molecule has 0 saturated carbocycles. The Morgan fingerprint density at radius 2 is 0.476 bits per heavy atom. The van der Waals surface area contributed by atoms with Crippen molar-refractivity contribution in [2.24, 2.45) is 0 Å². The van der Waals surface area contributed by atoms with Crippen LogP contribution >= 0.6 is 0 Å². The Bertz CT molecular complexity index is 1560. The quantitative estimate of drug-likeness (QED) is 0.157. The molecule has 206 valence electrons. The Morgan fingerprint density at radius 3 is 0.619 bits per heavy atom. The Hall–Kier alpha value is -6.02. The van der Waals surface area contributed by atoms with Gasteiger partial charge in [-0.1, -0.05) is 48.5 Å². The van der Waals surface area contributed by atoms with Crippen LogP contribution in [0.1, 0.15) is 41.4 Å². The average molecular weight is 559 g/mol. The minimum atomic E-state index is -1.06. The molecule has 0 spiro atoms. The lowest BCUT2D eigenvalue weighted by atomic mass is 9.85. The molecule has 4 N–H and O–H groups in total. The first kappa shape index (κ1) is 27.5. The fourth-order valence-corrected chi connectivity index (χ4v) is 4.72. The van der Waals surface area contributed by atoms with Gasteiger partial charge in [-0.15, -0.1) is 0 Å². The topological polar surface area (TPSA) is 149 Å². The zero-order valence-electron chi connectivity index (χ0n) is 21.8. The molecule has 0 bridgehead atoms. The summed E-state index contributed by atoms with van der Waals surface area (Å²) in [7, 11) is 0. The molecule has 0 atom stereocenters. The molecule has 0 heterocycles. The molecule has 0 saturated heterocycles. The molecule has 8 heteroatoms. The molecule has 0 amide bonds. The van der Waals surface area contributed by atoms with Crippen molar-refractivity contribution in [2.75, 3.05) is 0 Å². The van der Waals surface area contributed by atoms with Crippen molar-refractivity contribution < 1.29 is 39.6 Å². The van der Waals surface area contributed by atoms with Gasteiger partial charge in [-0.05, 0) is 105 Å². The van der Waals surface area contributed by atoms with Crippen LogP contribution in [0.15, 0.2) is 109 Å². The first-order valence-electron chi connectivity index (χ1n) is 12.7. The fourth-order valence-electron chi connectivity index (χ4n) is 4.72. The molecule has 5 aromatic rings. The molecule has 0 aliphatic heterocycles. The summed E-state index contributed by atoms with van der Waals surface area (Å²) >= 11 is 0. The van der Waals surface area contributed by atoms with Crippen molar-refractivity contribution in [3.05, 3.63) is 131 Å². The van der Waals surface area contributed by atoms with E-state index in [1.807, 2.05) is 12.1 Å². The van der Waals surface area contributed by atoms with Crippen LogP contribution in [0.25, 0.3) is 44.5 Å². The molecule has 0 radical (unpaired) electrons. The summed E-state index contributed by atoms with van der Waals surface area (Å²) in [6, 6.07) is 29.3. The van der Waals surface area contributed by atoms with E-state index in [9.17, 15) is 39.6 Å². The lowest BCUT2D eigenvalue weighted by Gasteiger charge is -2.19. The van der Waals surface area contributed by atoms with Gasteiger partial charge in [0.2, 0.25) is 0 Å². The van der Waals surface area contributed by atoms with E-state index in [1.165, 1.54) is 48.5 Å². The van der Waals surface area contributed by atoms with Gasteiger partial charge in [-0.25, -0.2) is 19.2 Å². The van der Waals surface area contributed by atoms with Crippen LogP contribution in [0.4, 0.5) is 0 Å². The van der Waals surface area contributed by atoms with E-state index >= 15 is 0 Å². The SMILES string of the molecule is O=C(O)c1ccc(-c2cc(-c3ccc(C(=O)O)cc3)c(-c3ccc(C(=O)O)cc3)cc2-c2ccc(C(=O)O)cc2)cc1. The Labute approximate surface area is 239 Å². The summed E-state index contributed by atoms with van der Waals surface area (Å²) in [5.41, 5.74) is 6.16. The Morgan fingerprint density at radius 1 is 0.310 bits per heavy atom. The van der Waals surface area contributed by atoms with E-state index in [0.717, 1.165) is 22.3 Å². The largest absolute Gasteiger partial charge is 0.478 e. The lowest BCUT2D eigenvalue weighted by Crippen LogP contribution is -1.98. The van der Waals surface area contributed by atoms with Crippen LogP contribution in [0.3, 0.4) is 0 Å². The normalized spacial score (nSPS) is 10.7. The fraction of sp³-hybridized carbons (Fsp3) is 0. The van der Waals surface area contributed by atoms with Gasteiger partial charge in [-0.3, -0.25) is 0 Å². The predicted octanol–water partition coefficient (Wildman–Crippen LogP) is 7.15. The molecule has 0 aliphatic rings. The van der Waals surface area contributed by atoms with E-state index in [1.54, 1.807) is 48.5 Å². The zero-order valence-corrected chi connectivity index (χ0v) is 21.8. The highest BCUT2D eigenvalue weighted by Gasteiger charge is 2.18. The number of benzene rings is 5. The minimum Gasteiger partial charge on any atom is -0.478 e. The summed E-state index contributed by atoms with van der Waals surface area (Å²) < 4.78 is 0. The van der Waals surface area contributed by atoms with Crippen molar-refractivity contribution >= 4 is 23.9 Å². The van der Waals surface area contributed by atoms with Gasteiger partial charge in [0, 0.05) is 0 Å². The summed E-state index contributed by atoms with van der Waals surface area (Å²) in [6.07, 6.45) is 0. The van der Waals surface area contributed by atoms with Crippen molar-refractivity contribution in [3.63, 3.8) is 0 Å². The third-order valence-electron chi connectivity index (χ3n) is 6.93. The molecule has 0 aliphatic carbocycles. The van der Waals surface area contributed by atoms with Gasteiger partial charge in [0.15, 0.2) is 0 Å². The van der Waals surface area contributed by atoms with E-state index in [4.69, 9.17) is 0 Å². The van der Waals surface area contributed by atoms with Crippen LogP contribution in [-0.2, 0) is 0 Å². The monoisotopic (exact) mass is 558 g/mol. The maximum absolute atomic E-state index is 11.5. The first-order chi connectivity index (χ1) is 20.1. The molecule has 5 aromatic carbocycles. The van der Waals surface area contributed by atoms with Gasteiger partial charge in [0.05, 0.1) is 22.3 Å². The number of hydrogen-bond donors (Lipinski definition) is 4. The van der Waals surface area contributed by atoms with E-state index < -0.39 is 23.9 Å². The smallest absolute Gasteiger partial charge is 0.335 e. The highest BCUT2D eigenvalue weighted by atomic mass is 16.4. The summed E-state index contributed by atoms with van der Waals surface area (Å²) in [6.45, 7) is 0. The second-order valence-corrected chi connectivity index (χ2v) is 9.47. The molecule has 0 aromatic heterocycles. The highest BCUT2D eigenvalue weighted by molar-refractivity contribution is 5.98. The van der Waals surface area contributed by atoms with E-state index in [0.29, 0.717) is 22.3 Å². The third-order valence-corrected chi connectivity index (χ3v) is 6.93. The second kappa shape index (κ2) is 11.2. The lowest BCUT2D eigenvalue weighted by molar-refractivity contribution is 0.0686. The van der Waals surface area contributed by atoms with Crippen molar-refractivity contribution in [1.82, 2.24) is 0 Å². The van der Waals surface area contributed by atoms with Crippen LogP contribution in [0.2, 0.25) is 0 Å². The van der Waals surface area contributed by atoms with E-state index in [-0.39, 0.29) is 22.3 Å². The number of carboxylic acids is 4. The van der Waals surface area contributed by atoms with Gasteiger partial charge >= 0.3 is 23.9 Å². The average Bonchev–Trinajstić information content (AvgIpc) is 3.00. The van der Waals surface area contributed by atoms with Crippen LogP contribution in [0, 0.1) is 0 Å². The number of carbonyl (C=O) groups is 4. The zero-order chi connectivity index (χ0) is 30.0. The molecule has 0 unspecified atom stereocenters. The van der Waals surface area contributed by atoms with Crippen molar-refractivity contribution in [2.45, 2.75) is 0 Å². The van der Waals surface area contributed by atoms with Crippen LogP contribution in [0.5, 0.6) is 0 Å². The number of carboxylic acid groups (broad SMARTS) is 4. The molecule has 8 nitrogen and oxygen atoms in total. The van der Waals surface area contributed by atoms with Crippen LogP contribution in [-0.4, -0.2) is 44.3 Å². The van der Waals surface area contributed by atoms with Gasteiger partial charge in [0.1, 0.15) is 0 Å². The summed E-state index contributed by atoms with van der Waals surface area (Å²) in [5, 5.41) is 37.6. The Balaban J connectivity index is 1.80. The number of hydrogen-bond acceptors (Lipinski definition) is 4. The third kappa shape index (κ3) is 5.50. The molecule has 0 fully saturated rings. The molecular weight excluding hydrogens is 536 g/mol. The van der Waals surface area contributed by atoms with Crippen molar-refractivity contribution in [1.29, 1.82) is 0 Å².